The predicted octanol–water partition coefficient (Wildman–Crippen LogP) is 3.73. The van der Waals surface area contributed by atoms with Gasteiger partial charge in [-0.3, -0.25) is 4.90 Å². The third-order valence-electron chi connectivity index (χ3n) is 5.62. The molecule has 2 heteroatoms. The SMILES string of the molecule is CCN1CCC2Cc3ccccc3C(c3ccccc3)N2CC1. The third-order valence-corrected chi connectivity index (χ3v) is 5.62. The first-order valence-corrected chi connectivity index (χ1v) is 8.97. The van der Waals surface area contributed by atoms with Gasteiger partial charge in [0.05, 0.1) is 6.04 Å². The van der Waals surface area contributed by atoms with Gasteiger partial charge in [-0.1, -0.05) is 61.5 Å². The zero-order valence-electron chi connectivity index (χ0n) is 14.0. The average molecular weight is 306 g/mol. The van der Waals surface area contributed by atoms with E-state index in [2.05, 4.69) is 71.3 Å². The van der Waals surface area contributed by atoms with Crippen LogP contribution in [0.2, 0.25) is 0 Å². The van der Waals surface area contributed by atoms with E-state index in [0.29, 0.717) is 12.1 Å². The number of fused-ring (bicyclic) bond motifs is 2. The van der Waals surface area contributed by atoms with Crippen molar-refractivity contribution in [2.75, 3.05) is 26.2 Å². The van der Waals surface area contributed by atoms with Gasteiger partial charge in [-0.05, 0) is 42.6 Å². The van der Waals surface area contributed by atoms with Crippen molar-refractivity contribution >= 4 is 0 Å². The maximum Gasteiger partial charge on any atom is 0.0607 e. The largest absolute Gasteiger partial charge is 0.302 e. The van der Waals surface area contributed by atoms with Gasteiger partial charge >= 0.3 is 0 Å². The first-order valence-electron chi connectivity index (χ1n) is 8.97. The zero-order valence-corrected chi connectivity index (χ0v) is 14.0. The highest BCUT2D eigenvalue weighted by atomic mass is 15.3. The molecule has 0 amide bonds. The Balaban J connectivity index is 1.76. The molecule has 2 atom stereocenters. The minimum Gasteiger partial charge on any atom is -0.302 e. The molecule has 23 heavy (non-hydrogen) atoms. The Morgan fingerprint density at radius 2 is 1.70 bits per heavy atom. The summed E-state index contributed by atoms with van der Waals surface area (Å²) in [5, 5.41) is 0. The number of benzene rings is 2. The lowest BCUT2D eigenvalue weighted by Gasteiger charge is -2.42. The molecular formula is C21H26N2. The lowest BCUT2D eigenvalue weighted by Crippen LogP contribution is -2.44. The molecule has 0 saturated carbocycles. The van der Waals surface area contributed by atoms with Crippen LogP contribution in [0, 0.1) is 0 Å². The fourth-order valence-corrected chi connectivity index (χ4v) is 4.35. The van der Waals surface area contributed by atoms with Gasteiger partial charge in [0.1, 0.15) is 0 Å². The summed E-state index contributed by atoms with van der Waals surface area (Å²) in [5.41, 5.74) is 4.50. The van der Waals surface area contributed by atoms with Gasteiger partial charge in [-0.2, -0.15) is 0 Å². The normalized spacial score (nSPS) is 25.4. The number of hydrogen-bond acceptors (Lipinski definition) is 2. The molecule has 0 bridgehead atoms. The van der Waals surface area contributed by atoms with Gasteiger partial charge < -0.3 is 4.90 Å². The molecule has 1 fully saturated rings. The van der Waals surface area contributed by atoms with Crippen LogP contribution in [0.5, 0.6) is 0 Å². The van der Waals surface area contributed by atoms with Crippen molar-refractivity contribution in [3.63, 3.8) is 0 Å². The molecule has 2 unspecified atom stereocenters. The quantitative estimate of drug-likeness (QED) is 0.834. The molecule has 0 spiro atoms. The van der Waals surface area contributed by atoms with Crippen LogP contribution in [0.4, 0.5) is 0 Å². The van der Waals surface area contributed by atoms with E-state index in [1.807, 2.05) is 0 Å². The summed E-state index contributed by atoms with van der Waals surface area (Å²) in [4.78, 5) is 5.37. The molecule has 2 aliphatic rings. The highest BCUT2D eigenvalue weighted by molar-refractivity contribution is 5.40. The smallest absolute Gasteiger partial charge is 0.0607 e. The fraction of sp³-hybridized carbons (Fsp3) is 0.429. The Bertz CT molecular complexity index is 652. The maximum atomic E-state index is 2.77. The van der Waals surface area contributed by atoms with E-state index in [1.54, 1.807) is 5.56 Å². The number of rotatable bonds is 2. The molecule has 0 N–H and O–H groups in total. The van der Waals surface area contributed by atoms with Crippen molar-refractivity contribution in [3.05, 3.63) is 71.3 Å². The minimum atomic E-state index is 0.419. The Hall–Kier alpha value is -1.64. The van der Waals surface area contributed by atoms with Crippen LogP contribution < -0.4 is 0 Å². The van der Waals surface area contributed by atoms with E-state index < -0.39 is 0 Å². The van der Waals surface area contributed by atoms with E-state index in [-0.39, 0.29) is 0 Å². The molecule has 2 aliphatic heterocycles. The summed E-state index contributed by atoms with van der Waals surface area (Å²) in [6.45, 7) is 7.06. The van der Waals surface area contributed by atoms with Crippen molar-refractivity contribution in [1.82, 2.24) is 9.80 Å². The van der Waals surface area contributed by atoms with Gasteiger partial charge in [0.25, 0.3) is 0 Å². The van der Waals surface area contributed by atoms with Crippen molar-refractivity contribution in [2.45, 2.75) is 31.8 Å². The Labute approximate surface area is 139 Å². The van der Waals surface area contributed by atoms with Crippen LogP contribution >= 0.6 is 0 Å². The van der Waals surface area contributed by atoms with Crippen molar-refractivity contribution in [1.29, 1.82) is 0 Å². The summed E-state index contributed by atoms with van der Waals surface area (Å²) < 4.78 is 0. The van der Waals surface area contributed by atoms with Gasteiger partial charge in [-0.25, -0.2) is 0 Å². The molecule has 0 aromatic heterocycles. The first kappa shape index (κ1) is 14.9. The summed E-state index contributed by atoms with van der Waals surface area (Å²) in [5.74, 6) is 0. The monoisotopic (exact) mass is 306 g/mol. The molecule has 120 valence electrons. The molecule has 2 heterocycles. The molecule has 2 aromatic carbocycles. The highest BCUT2D eigenvalue weighted by Crippen LogP contribution is 2.39. The fourth-order valence-electron chi connectivity index (χ4n) is 4.35. The second-order valence-corrected chi connectivity index (χ2v) is 6.83. The van der Waals surface area contributed by atoms with E-state index >= 15 is 0 Å². The Morgan fingerprint density at radius 3 is 2.52 bits per heavy atom. The van der Waals surface area contributed by atoms with Gasteiger partial charge in [0.15, 0.2) is 0 Å². The van der Waals surface area contributed by atoms with Crippen LogP contribution in [0.1, 0.15) is 36.1 Å². The minimum absolute atomic E-state index is 0.419. The van der Waals surface area contributed by atoms with Crippen molar-refractivity contribution < 1.29 is 0 Å². The van der Waals surface area contributed by atoms with E-state index in [0.717, 1.165) is 0 Å². The maximum absolute atomic E-state index is 2.77. The van der Waals surface area contributed by atoms with Crippen molar-refractivity contribution in [3.8, 4) is 0 Å². The standard InChI is InChI=1S/C21H26N2/c1-2-22-13-12-19-16-18-10-6-7-11-20(18)21(23(19)15-14-22)17-8-4-3-5-9-17/h3-11,19,21H,2,12-16H2,1H3. The molecule has 2 aromatic rings. The third kappa shape index (κ3) is 2.82. The first-order chi connectivity index (χ1) is 11.4. The van der Waals surface area contributed by atoms with Crippen LogP contribution in [-0.4, -0.2) is 42.0 Å². The molecule has 4 rings (SSSR count). The molecule has 1 saturated heterocycles. The molecular weight excluding hydrogens is 280 g/mol. The Kier molecular flexibility index (Phi) is 4.19. The average Bonchev–Trinajstić information content (AvgIpc) is 2.82. The lowest BCUT2D eigenvalue weighted by atomic mass is 9.84. The van der Waals surface area contributed by atoms with Crippen LogP contribution in [0.25, 0.3) is 0 Å². The van der Waals surface area contributed by atoms with E-state index in [9.17, 15) is 0 Å². The van der Waals surface area contributed by atoms with Crippen LogP contribution in [0.3, 0.4) is 0 Å². The summed E-state index contributed by atoms with van der Waals surface area (Å²) >= 11 is 0. The summed E-state index contributed by atoms with van der Waals surface area (Å²) in [6, 6.07) is 21.2. The summed E-state index contributed by atoms with van der Waals surface area (Å²) in [6.07, 6.45) is 2.49. The topological polar surface area (TPSA) is 6.48 Å². The van der Waals surface area contributed by atoms with Gasteiger partial charge in [-0.15, -0.1) is 0 Å². The van der Waals surface area contributed by atoms with Gasteiger partial charge in [0.2, 0.25) is 0 Å². The van der Waals surface area contributed by atoms with E-state index in [4.69, 9.17) is 0 Å². The van der Waals surface area contributed by atoms with Crippen LogP contribution in [0.15, 0.2) is 54.6 Å². The zero-order chi connectivity index (χ0) is 15.6. The Morgan fingerprint density at radius 1 is 0.913 bits per heavy atom. The molecule has 2 nitrogen and oxygen atoms in total. The number of nitrogens with zero attached hydrogens (tertiary/aromatic N) is 2. The van der Waals surface area contributed by atoms with Crippen LogP contribution in [-0.2, 0) is 6.42 Å². The molecule has 0 radical (unpaired) electrons. The highest BCUT2D eigenvalue weighted by Gasteiger charge is 2.36. The lowest BCUT2D eigenvalue weighted by molar-refractivity contribution is 0.146. The number of likely N-dealkylation sites (N-methyl/N-ethyl adjacent to an activating group) is 1. The van der Waals surface area contributed by atoms with Crippen molar-refractivity contribution in [2.24, 2.45) is 0 Å². The van der Waals surface area contributed by atoms with E-state index in [1.165, 1.54) is 50.1 Å². The number of hydrogen-bond donors (Lipinski definition) is 0. The van der Waals surface area contributed by atoms with Gasteiger partial charge in [0, 0.05) is 19.1 Å². The second kappa shape index (κ2) is 6.46. The summed E-state index contributed by atoms with van der Waals surface area (Å²) in [7, 11) is 0. The predicted molar refractivity (Wildman–Crippen MR) is 95.7 cm³/mol. The second-order valence-electron chi connectivity index (χ2n) is 6.83. The molecule has 0 aliphatic carbocycles.